The molecule has 5 aliphatic rings. The van der Waals surface area contributed by atoms with Crippen LogP contribution in [0.3, 0.4) is 0 Å². The molecule has 3 fully saturated rings. The van der Waals surface area contributed by atoms with E-state index in [1.54, 1.807) is 20.2 Å². The Labute approximate surface area is 255 Å². The molecule has 0 aromatic heterocycles. The van der Waals surface area contributed by atoms with E-state index in [1.807, 2.05) is 0 Å². The van der Waals surface area contributed by atoms with Crippen LogP contribution in [-0.2, 0) is 27.3 Å². The number of ketones is 2. The van der Waals surface area contributed by atoms with E-state index < -0.39 is 58.0 Å². The van der Waals surface area contributed by atoms with Crippen LogP contribution in [0.5, 0.6) is 5.75 Å². The second kappa shape index (κ2) is 10.9. The largest absolute Gasteiger partial charge is 0.508 e. The first-order valence-corrected chi connectivity index (χ1v) is 15.6. The van der Waals surface area contributed by atoms with Crippen LogP contribution in [0.15, 0.2) is 23.0 Å². The van der Waals surface area contributed by atoms with Gasteiger partial charge in [0.2, 0.25) is 5.78 Å². The number of aliphatic hydroxyl groups is 3. The third-order valence-electron chi connectivity index (χ3n) is 10.3. The van der Waals surface area contributed by atoms with Crippen LogP contribution in [0, 0.1) is 23.7 Å². The predicted molar refractivity (Wildman–Crippen MR) is 159 cm³/mol. The average molecular weight is 614 g/mol. The van der Waals surface area contributed by atoms with Crippen molar-refractivity contribution in [3.05, 3.63) is 44.7 Å². The van der Waals surface area contributed by atoms with Gasteiger partial charge in [-0.2, -0.15) is 0 Å². The van der Waals surface area contributed by atoms with Crippen molar-refractivity contribution >= 4 is 34.8 Å². The molecule has 0 bridgehead atoms. The third-order valence-corrected chi connectivity index (χ3v) is 10.8. The van der Waals surface area contributed by atoms with Crippen molar-refractivity contribution in [2.45, 2.75) is 69.6 Å². The van der Waals surface area contributed by atoms with Crippen LogP contribution in [0.1, 0.15) is 61.6 Å². The summed E-state index contributed by atoms with van der Waals surface area (Å²) in [6.07, 6.45) is 7.60. The van der Waals surface area contributed by atoms with Crippen molar-refractivity contribution in [2.75, 3.05) is 27.2 Å². The number of nitrogens with two attached hydrogens (primary N) is 1. The lowest BCUT2D eigenvalue weighted by Crippen LogP contribution is -2.65. The van der Waals surface area contributed by atoms with E-state index in [2.05, 4.69) is 4.90 Å². The Bertz CT molecular complexity index is 1460. The van der Waals surface area contributed by atoms with Crippen LogP contribution in [0.25, 0.3) is 5.76 Å². The second-order valence-electron chi connectivity index (χ2n) is 13.5. The summed E-state index contributed by atoms with van der Waals surface area (Å²) >= 11 is 7.02. The number of benzene rings is 1. The Balaban J connectivity index is 1.40. The van der Waals surface area contributed by atoms with Gasteiger partial charge < -0.3 is 26.2 Å². The molecule has 1 aromatic carbocycles. The molecule has 1 amide bonds. The van der Waals surface area contributed by atoms with Gasteiger partial charge in [-0.3, -0.25) is 24.2 Å². The molecule has 0 spiro atoms. The van der Waals surface area contributed by atoms with Gasteiger partial charge in [0.15, 0.2) is 11.4 Å². The smallest absolute Gasteiger partial charge is 0.255 e. The van der Waals surface area contributed by atoms with Crippen LogP contribution in [-0.4, -0.2) is 86.5 Å². The molecule has 11 heteroatoms. The number of aliphatic hydroxyl groups excluding tert-OH is 2. The SMILES string of the molecule is CN(C)[C@@H]1C(=O)C(C(N)=O)=C(O)[C@@]2(O)C(=O)C3=C(O)c4c(O)cc(CN(CC5CCCC5)CC5CC5)c(Cl)c4C[C@H]3C[C@@H]12. The Morgan fingerprint density at radius 1 is 1.07 bits per heavy atom. The summed E-state index contributed by atoms with van der Waals surface area (Å²) in [7, 11) is 3.15. The predicted octanol–water partition coefficient (Wildman–Crippen LogP) is 3.02. The maximum atomic E-state index is 14.0. The maximum absolute atomic E-state index is 14.0. The first-order valence-electron chi connectivity index (χ1n) is 15.2. The molecule has 0 unspecified atom stereocenters. The van der Waals surface area contributed by atoms with E-state index in [0.717, 1.165) is 18.7 Å². The Kier molecular flexibility index (Phi) is 7.64. The van der Waals surface area contributed by atoms with Crippen molar-refractivity contribution in [1.29, 1.82) is 0 Å². The van der Waals surface area contributed by atoms with Crippen molar-refractivity contribution in [2.24, 2.45) is 29.4 Å². The summed E-state index contributed by atoms with van der Waals surface area (Å²) in [4.78, 5) is 43.4. The number of phenols is 1. The van der Waals surface area contributed by atoms with Gasteiger partial charge in [-0.25, -0.2) is 0 Å². The molecule has 0 aliphatic heterocycles. The average Bonchev–Trinajstić information content (AvgIpc) is 3.59. The molecular weight excluding hydrogens is 574 g/mol. The molecule has 3 saturated carbocycles. The van der Waals surface area contributed by atoms with E-state index in [0.29, 0.717) is 29.0 Å². The minimum atomic E-state index is -2.66. The van der Waals surface area contributed by atoms with Crippen LogP contribution in [0.4, 0.5) is 0 Å². The zero-order valence-electron chi connectivity index (χ0n) is 24.6. The summed E-state index contributed by atoms with van der Waals surface area (Å²) in [5, 5.41) is 45.8. The van der Waals surface area contributed by atoms with Gasteiger partial charge >= 0.3 is 0 Å². The fraction of sp³-hybridized carbons (Fsp3) is 0.594. The Hall–Kier alpha value is -2.92. The highest BCUT2D eigenvalue weighted by Gasteiger charge is 2.64. The van der Waals surface area contributed by atoms with Crippen molar-refractivity contribution < 1.29 is 34.8 Å². The number of carbonyl (C=O) groups excluding carboxylic acids is 3. The summed E-state index contributed by atoms with van der Waals surface area (Å²) < 4.78 is 0. The topological polar surface area (TPSA) is 165 Å². The minimum absolute atomic E-state index is 0.0228. The van der Waals surface area contributed by atoms with Crippen molar-refractivity contribution in [3.8, 4) is 5.75 Å². The monoisotopic (exact) mass is 613 g/mol. The van der Waals surface area contributed by atoms with E-state index in [-0.39, 0.29) is 29.7 Å². The summed E-state index contributed by atoms with van der Waals surface area (Å²) in [6.45, 7) is 2.50. The standard InChI is InChI=1S/C32H40ClN3O7/c1-35(2)26-20-10-17-9-19-23(27(38)22(17)29(40)32(20,43)30(41)24(28(26)39)31(34)42)21(37)11-18(25(19)33)14-36(13-16-7-8-16)12-15-5-3-4-6-15/h11,15-17,20,26,37-38,41,43H,3-10,12-14H2,1-2H3,(H2,34,42)/t17-,20-,26-,32-/m0/s1. The highest BCUT2D eigenvalue weighted by atomic mass is 35.5. The highest BCUT2D eigenvalue weighted by Crippen LogP contribution is 2.53. The maximum Gasteiger partial charge on any atom is 0.255 e. The van der Waals surface area contributed by atoms with Gasteiger partial charge in [-0.15, -0.1) is 0 Å². The summed E-state index contributed by atoms with van der Waals surface area (Å²) in [6, 6.07) is 0.417. The molecule has 0 radical (unpaired) electrons. The van der Waals surface area contributed by atoms with Gasteiger partial charge in [0.05, 0.1) is 11.6 Å². The molecule has 6 N–H and O–H groups in total. The fourth-order valence-corrected chi connectivity index (χ4v) is 8.42. The summed E-state index contributed by atoms with van der Waals surface area (Å²) in [5.74, 6) is -5.37. The number of fused-ring (bicyclic) bond motifs is 3. The normalized spacial score (nSPS) is 29.4. The highest BCUT2D eigenvalue weighted by molar-refractivity contribution is 6.32. The number of primary amides is 1. The molecule has 232 valence electrons. The number of nitrogens with zero attached hydrogens (tertiary/aromatic N) is 2. The Morgan fingerprint density at radius 3 is 2.28 bits per heavy atom. The van der Waals surface area contributed by atoms with E-state index in [1.165, 1.54) is 43.4 Å². The lowest BCUT2D eigenvalue weighted by atomic mass is 9.57. The van der Waals surface area contributed by atoms with Gasteiger partial charge in [-0.1, -0.05) is 24.4 Å². The van der Waals surface area contributed by atoms with E-state index in [9.17, 15) is 34.8 Å². The molecule has 10 nitrogen and oxygen atoms in total. The number of hydrogen-bond donors (Lipinski definition) is 5. The molecule has 0 heterocycles. The number of Topliss-reactive ketones (excluding diaryl/α,β-unsaturated/α-hetero) is 2. The second-order valence-corrected chi connectivity index (χ2v) is 13.8. The lowest BCUT2D eigenvalue weighted by Gasteiger charge is -2.50. The fourth-order valence-electron chi connectivity index (χ4n) is 8.13. The van der Waals surface area contributed by atoms with Crippen molar-refractivity contribution in [1.82, 2.24) is 9.80 Å². The number of aromatic hydroxyl groups is 1. The summed E-state index contributed by atoms with van der Waals surface area (Å²) in [5.41, 5.74) is 3.00. The van der Waals surface area contributed by atoms with Crippen molar-refractivity contribution in [3.63, 3.8) is 0 Å². The number of likely N-dealkylation sites (N-methyl/N-ethyl adjacent to an activating group) is 1. The zero-order chi connectivity index (χ0) is 31.0. The molecule has 43 heavy (non-hydrogen) atoms. The lowest BCUT2D eigenvalue weighted by molar-refractivity contribution is -0.153. The molecule has 0 saturated heterocycles. The molecule has 5 aliphatic carbocycles. The molecular formula is C32H40ClN3O7. The van der Waals surface area contributed by atoms with Gasteiger partial charge in [-0.05, 0) is 87.6 Å². The van der Waals surface area contributed by atoms with Gasteiger partial charge in [0.1, 0.15) is 22.8 Å². The number of rotatable bonds is 8. The van der Waals surface area contributed by atoms with E-state index in [4.69, 9.17) is 17.3 Å². The number of hydrogen-bond acceptors (Lipinski definition) is 9. The number of halogens is 1. The van der Waals surface area contributed by atoms with Crippen LogP contribution in [0.2, 0.25) is 5.02 Å². The quantitative estimate of drug-likeness (QED) is 0.277. The molecule has 1 aromatic rings. The van der Waals surface area contributed by atoms with Crippen LogP contribution < -0.4 is 5.73 Å². The zero-order valence-corrected chi connectivity index (χ0v) is 25.4. The Morgan fingerprint density at radius 2 is 1.70 bits per heavy atom. The number of carbonyl (C=O) groups is 3. The number of phenolic OH excluding ortho intramolecular Hbond substituents is 1. The molecule has 6 rings (SSSR count). The first-order chi connectivity index (χ1) is 20.3. The third kappa shape index (κ3) is 4.87. The minimum Gasteiger partial charge on any atom is -0.508 e. The van der Waals surface area contributed by atoms with Gasteiger partial charge in [0, 0.05) is 36.1 Å². The number of amides is 1. The van der Waals surface area contributed by atoms with Gasteiger partial charge in [0.25, 0.3) is 5.91 Å². The first kappa shape index (κ1) is 30.1. The van der Waals surface area contributed by atoms with E-state index >= 15 is 0 Å². The van der Waals surface area contributed by atoms with Crippen LogP contribution >= 0.6 is 11.6 Å². The molecule has 4 atom stereocenters.